The van der Waals surface area contributed by atoms with Crippen LogP contribution in [0.25, 0.3) is 22.3 Å². The van der Waals surface area contributed by atoms with Gasteiger partial charge in [0.2, 0.25) is 0 Å². The van der Waals surface area contributed by atoms with Crippen LogP contribution in [0.4, 0.5) is 11.4 Å². The quantitative estimate of drug-likeness (QED) is 0.0576. The van der Waals surface area contributed by atoms with Gasteiger partial charge >= 0.3 is 0 Å². The summed E-state index contributed by atoms with van der Waals surface area (Å²) < 4.78 is 17.6. The smallest absolute Gasteiger partial charge is 0.253 e. The van der Waals surface area contributed by atoms with Crippen molar-refractivity contribution in [2.75, 3.05) is 76.6 Å². The fourth-order valence-electron chi connectivity index (χ4n) is 13.2. The molecule has 15 heteroatoms. The maximum absolute atomic E-state index is 14.7. The predicted molar refractivity (Wildman–Crippen MR) is 326 cm³/mol. The second-order valence-corrected chi connectivity index (χ2v) is 23.6. The molecule has 4 fully saturated rings. The Morgan fingerprint density at radius 3 is 1.70 bits per heavy atom. The molecule has 2 amide bonds. The number of rotatable bonds is 20. The lowest BCUT2D eigenvalue weighted by Crippen LogP contribution is -2.42. The molecule has 4 N–H and O–H groups in total. The molecular formula is C67H84N8O7. The van der Waals surface area contributed by atoms with Crippen molar-refractivity contribution in [3.05, 3.63) is 172 Å². The molecule has 15 nitrogen and oxygen atoms in total. The first-order chi connectivity index (χ1) is 39.5. The third kappa shape index (κ3) is 13.0. The Bertz CT molecular complexity index is 3390. The molecule has 6 aromatic rings. The molecule has 4 aliphatic heterocycles. The average molecular weight is 1110 g/mol. The second kappa shape index (κ2) is 25.7. The number of nitrogens with zero attached hydrogens (tertiary/aromatic N) is 4. The number of fused-ring (bicyclic) bond motifs is 2. The maximum Gasteiger partial charge on any atom is 0.253 e. The number of aryl methyl sites for hydroxylation is 3. The number of carbonyl (C=O) groups excluding carboxylic acids is 2. The summed E-state index contributed by atoms with van der Waals surface area (Å²) in [5.74, 6) is -0.498. The van der Waals surface area contributed by atoms with Crippen molar-refractivity contribution in [2.45, 2.75) is 137 Å². The number of hydrogen-bond acceptors (Lipinski definition) is 11. The van der Waals surface area contributed by atoms with Crippen LogP contribution < -0.4 is 31.6 Å². The van der Waals surface area contributed by atoms with Gasteiger partial charge < -0.3 is 49.5 Å². The van der Waals surface area contributed by atoms with Gasteiger partial charge in [-0.2, -0.15) is 0 Å². The van der Waals surface area contributed by atoms with Crippen LogP contribution in [0.15, 0.2) is 88.5 Å². The zero-order valence-electron chi connectivity index (χ0n) is 49.7. The molecule has 10 rings (SSSR count). The van der Waals surface area contributed by atoms with Crippen molar-refractivity contribution in [2.24, 2.45) is 0 Å². The highest BCUT2D eigenvalue weighted by molar-refractivity contribution is 6.00. The topological polar surface area (TPSA) is 165 Å². The van der Waals surface area contributed by atoms with Crippen molar-refractivity contribution in [1.29, 1.82) is 0 Å². The second-order valence-electron chi connectivity index (χ2n) is 23.6. The molecule has 2 atom stereocenters. The minimum Gasteiger partial charge on any atom is -0.381 e. The molecule has 4 saturated heterocycles. The summed E-state index contributed by atoms with van der Waals surface area (Å²) in [6.45, 7) is 21.5. The highest BCUT2D eigenvalue weighted by atomic mass is 16.5. The average Bonchev–Trinajstić information content (AvgIpc) is 4.16. The first kappa shape index (κ1) is 58.3. The van der Waals surface area contributed by atoms with E-state index >= 15 is 0 Å². The number of anilines is 2. The molecule has 4 aromatic carbocycles. The largest absolute Gasteiger partial charge is 0.381 e. The maximum atomic E-state index is 14.7. The summed E-state index contributed by atoms with van der Waals surface area (Å²) in [4.78, 5) is 72.1. The Kier molecular flexibility index (Phi) is 18.3. The first-order valence-electron chi connectivity index (χ1n) is 29.7. The van der Waals surface area contributed by atoms with E-state index in [-0.39, 0.29) is 48.1 Å². The first-order valence-corrected chi connectivity index (χ1v) is 29.7. The summed E-state index contributed by atoms with van der Waals surface area (Å²) in [5.41, 5.74) is 16.0. The highest BCUT2D eigenvalue weighted by Gasteiger charge is 2.39. The van der Waals surface area contributed by atoms with Gasteiger partial charge in [0, 0.05) is 135 Å². The van der Waals surface area contributed by atoms with Crippen LogP contribution in [0, 0.1) is 41.5 Å². The van der Waals surface area contributed by atoms with Crippen LogP contribution >= 0.6 is 0 Å². The summed E-state index contributed by atoms with van der Waals surface area (Å²) in [7, 11) is 4.13. The van der Waals surface area contributed by atoms with Gasteiger partial charge in [0.25, 0.3) is 22.9 Å². The van der Waals surface area contributed by atoms with E-state index in [2.05, 4.69) is 122 Å². The molecule has 2 bridgehead atoms. The molecule has 434 valence electrons. The number of nitrogens with one attached hydrogen (secondary N) is 4. The van der Waals surface area contributed by atoms with Gasteiger partial charge in [-0.1, -0.05) is 48.5 Å². The third-order valence-electron chi connectivity index (χ3n) is 17.8. The van der Waals surface area contributed by atoms with E-state index in [1.165, 1.54) is 11.1 Å². The number of aromatic amines is 2. The Morgan fingerprint density at radius 1 is 0.634 bits per heavy atom. The molecule has 4 aliphatic rings. The number of amides is 2. The van der Waals surface area contributed by atoms with E-state index in [9.17, 15) is 19.2 Å². The molecule has 0 unspecified atom stereocenters. The summed E-state index contributed by atoms with van der Waals surface area (Å²) in [6.07, 6.45) is 5.44. The van der Waals surface area contributed by atoms with Crippen LogP contribution in [0.1, 0.15) is 121 Å². The minimum atomic E-state index is -0.261. The number of pyridine rings is 2. The lowest BCUT2D eigenvalue weighted by molar-refractivity contribution is 0.0273. The molecular weight excluding hydrogens is 1030 g/mol. The van der Waals surface area contributed by atoms with Gasteiger partial charge in [-0.05, 0) is 193 Å². The van der Waals surface area contributed by atoms with Crippen LogP contribution in [0.3, 0.4) is 0 Å². The number of aromatic nitrogens is 2. The number of H-pyrrole nitrogens is 2. The van der Waals surface area contributed by atoms with Crippen LogP contribution in [-0.4, -0.2) is 123 Å². The number of ether oxygens (including phenoxy) is 3. The van der Waals surface area contributed by atoms with Gasteiger partial charge in [0.15, 0.2) is 0 Å². The third-order valence-corrected chi connectivity index (χ3v) is 17.8. The number of carbonyl (C=O) groups is 2. The SMILES string of the molecule is CCN(c1cc(-c2ccc(CN(C)C)cc2)cc(C(=O)NCc2c(C)c(CCN(c3cc(-c4ccc(CN5C[C@H]6C[C@@H]5CO6)cc4)cc(C(=O)NCc4c(C)cc(C)[nH]c4=O)c3C)C3CCOCC3)c(C)[nH]c2=O)c1C)C1CCOCC1. The van der Waals surface area contributed by atoms with Crippen LogP contribution in [0.2, 0.25) is 0 Å². The van der Waals surface area contributed by atoms with Crippen molar-refractivity contribution >= 4 is 23.2 Å². The van der Waals surface area contributed by atoms with Crippen molar-refractivity contribution < 1.29 is 23.8 Å². The molecule has 0 spiro atoms. The van der Waals surface area contributed by atoms with E-state index in [1.54, 1.807) is 0 Å². The van der Waals surface area contributed by atoms with E-state index in [0.717, 1.165) is 138 Å². The predicted octanol–water partition coefficient (Wildman–Crippen LogP) is 9.38. The van der Waals surface area contributed by atoms with E-state index < -0.39 is 0 Å². The number of hydrogen-bond donors (Lipinski definition) is 4. The summed E-state index contributed by atoms with van der Waals surface area (Å²) >= 11 is 0. The van der Waals surface area contributed by atoms with Crippen LogP contribution in [0.5, 0.6) is 0 Å². The van der Waals surface area contributed by atoms with Gasteiger partial charge in [-0.3, -0.25) is 24.1 Å². The molecule has 0 radical (unpaired) electrons. The highest BCUT2D eigenvalue weighted by Crippen LogP contribution is 2.37. The Morgan fingerprint density at radius 2 is 1.17 bits per heavy atom. The van der Waals surface area contributed by atoms with Crippen molar-refractivity contribution in [1.82, 2.24) is 30.4 Å². The minimum absolute atomic E-state index is 0.0482. The van der Waals surface area contributed by atoms with Crippen LogP contribution in [-0.2, 0) is 46.8 Å². The lowest BCUT2D eigenvalue weighted by Gasteiger charge is -2.38. The summed E-state index contributed by atoms with van der Waals surface area (Å²) in [5, 5.41) is 6.33. The summed E-state index contributed by atoms with van der Waals surface area (Å²) in [6, 6.07) is 28.5. The molecule has 0 aliphatic carbocycles. The fourth-order valence-corrected chi connectivity index (χ4v) is 13.2. The van der Waals surface area contributed by atoms with Gasteiger partial charge in [-0.25, -0.2) is 0 Å². The molecule has 6 heterocycles. The van der Waals surface area contributed by atoms with Gasteiger partial charge in [0.1, 0.15) is 0 Å². The fraction of sp³-hybridized carbons (Fsp3) is 0.463. The van der Waals surface area contributed by atoms with Crippen molar-refractivity contribution in [3.63, 3.8) is 0 Å². The van der Waals surface area contributed by atoms with E-state index in [0.29, 0.717) is 73.8 Å². The number of morpholine rings is 1. The van der Waals surface area contributed by atoms with Gasteiger partial charge in [-0.15, -0.1) is 0 Å². The Balaban J connectivity index is 0.949. The molecule has 2 aromatic heterocycles. The monoisotopic (exact) mass is 1110 g/mol. The van der Waals surface area contributed by atoms with Crippen molar-refractivity contribution in [3.8, 4) is 22.3 Å². The zero-order valence-corrected chi connectivity index (χ0v) is 49.7. The molecule has 0 saturated carbocycles. The van der Waals surface area contributed by atoms with E-state index in [1.807, 2.05) is 59.7 Å². The Labute approximate surface area is 483 Å². The molecule has 82 heavy (non-hydrogen) atoms. The Hall–Kier alpha value is -6.88. The standard InChI is InChI=1S/C67H84N8O7/c1-10-74(53-20-25-80-26-21-53)62-32-51(49-15-11-47(12-16-49)37-72(8)9)30-58(44(62)5)65(77)69-36-61-43(4)57(46(7)71-67(61)79)19-24-75(54-22-27-81-28-23-54)63-33-52(50-17-13-48(14-18-50)38-73-39-56-34-55(73)40-82-56)31-59(45(63)6)64(76)68-35-60-41(2)29-42(3)70-66(60)78/h11-18,29-33,53-56H,10,19-28,34-40H2,1-9H3,(H,68,76)(H,69,77)(H,70,78)(H,71,79)/t55-,56-/m1/s1. The number of benzene rings is 4. The van der Waals surface area contributed by atoms with E-state index in [4.69, 9.17) is 14.2 Å². The normalized spacial score (nSPS) is 17.6. The number of likely N-dealkylation sites (tertiary alicyclic amines) is 1. The zero-order chi connectivity index (χ0) is 57.8. The van der Waals surface area contributed by atoms with Gasteiger partial charge in [0.05, 0.1) is 12.7 Å². The lowest BCUT2D eigenvalue weighted by atomic mass is 9.93.